The van der Waals surface area contributed by atoms with Gasteiger partial charge >= 0.3 is 6.18 Å². The minimum Gasteiger partial charge on any atom is -0.302 e. The lowest BCUT2D eigenvalue weighted by Crippen LogP contribution is -2.31. The molecule has 0 fully saturated rings. The van der Waals surface area contributed by atoms with Crippen LogP contribution in [0.5, 0.6) is 0 Å². The zero-order valence-corrected chi connectivity index (χ0v) is 16.0. The molecule has 12 heteroatoms. The number of rotatable bonds is 2. The molecule has 2 aliphatic carbocycles. The van der Waals surface area contributed by atoms with Gasteiger partial charge in [-0.2, -0.15) is 28.6 Å². The molecular weight excluding hydrogens is 411 g/mol. The number of alkyl halides is 3. The quantitative estimate of drug-likeness (QED) is 0.578. The van der Waals surface area contributed by atoms with E-state index in [4.69, 9.17) is 4.98 Å². The fourth-order valence-corrected chi connectivity index (χ4v) is 4.83. The average molecular weight is 427 g/mol. The van der Waals surface area contributed by atoms with Crippen LogP contribution in [0.15, 0.2) is 17.4 Å². The van der Waals surface area contributed by atoms with Gasteiger partial charge in [0.2, 0.25) is 5.82 Å². The van der Waals surface area contributed by atoms with E-state index < -0.39 is 11.9 Å². The first-order valence-electron chi connectivity index (χ1n) is 9.94. The van der Waals surface area contributed by atoms with Crippen LogP contribution in [0, 0.1) is 0 Å². The Morgan fingerprint density at radius 2 is 1.94 bits per heavy atom. The Morgan fingerprint density at radius 1 is 1.10 bits per heavy atom. The van der Waals surface area contributed by atoms with Gasteiger partial charge in [0.1, 0.15) is 11.4 Å². The van der Waals surface area contributed by atoms with Gasteiger partial charge < -0.3 is 5.43 Å². The summed E-state index contributed by atoms with van der Waals surface area (Å²) in [7, 11) is 0. The number of hydrazone groups is 1. The summed E-state index contributed by atoms with van der Waals surface area (Å²) in [6.45, 7) is 0. The SMILES string of the molecule is FC(F)(F)c1[nH]ncc1-c1nc2c(c3c1CCCC3)C1C(c3nn[nH]n3)=NNC1C=C2. The number of hydrogen-bond acceptors (Lipinski definition) is 7. The van der Waals surface area contributed by atoms with Crippen molar-refractivity contribution in [1.82, 2.24) is 41.2 Å². The second-order valence-corrected chi connectivity index (χ2v) is 7.80. The summed E-state index contributed by atoms with van der Waals surface area (Å²) < 4.78 is 40.7. The zero-order chi connectivity index (χ0) is 21.2. The maximum Gasteiger partial charge on any atom is 0.433 e. The number of tetrazole rings is 1. The number of nitrogens with zero attached hydrogens (tertiary/aromatic N) is 6. The number of H-pyrrole nitrogens is 2. The monoisotopic (exact) mass is 427 g/mol. The van der Waals surface area contributed by atoms with E-state index in [9.17, 15) is 13.2 Å². The number of halogens is 3. The first kappa shape index (κ1) is 18.2. The van der Waals surface area contributed by atoms with Gasteiger partial charge in [0.05, 0.1) is 35.1 Å². The molecule has 0 bridgehead atoms. The van der Waals surface area contributed by atoms with Crippen molar-refractivity contribution in [3.63, 3.8) is 0 Å². The molecule has 0 spiro atoms. The maximum absolute atomic E-state index is 13.6. The van der Waals surface area contributed by atoms with Crippen LogP contribution in [0.3, 0.4) is 0 Å². The normalized spacial score (nSPS) is 21.8. The lowest BCUT2D eigenvalue weighted by Gasteiger charge is -2.30. The molecule has 31 heavy (non-hydrogen) atoms. The second kappa shape index (κ2) is 6.46. The summed E-state index contributed by atoms with van der Waals surface area (Å²) in [6, 6.07) is -0.0978. The fourth-order valence-electron chi connectivity index (χ4n) is 4.83. The molecule has 1 aliphatic heterocycles. The number of aromatic amines is 2. The highest BCUT2D eigenvalue weighted by atomic mass is 19.4. The third-order valence-electron chi connectivity index (χ3n) is 6.10. The lowest BCUT2D eigenvalue weighted by molar-refractivity contribution is -0.140. The van der Waals surface area contributed by atoms with Crippen LogP contribution in [-0.2, 0) is 19.0 Å². The van der Waals surface area contributed by atoms with E-state index in [-0.39, 0.29) is 17.5 Å². The van der Waals surface area contributed by atoms with E-state index in [1.807, 2.05) is 12.2 Å². The van der Waals surface area contributed by atoms with Gasteiger partial charge in [-0.3, -0.25) is 5.10 Å². The van der Waals surface area contributed by atoms with Gasteiger partial charge in [-0.1, -0.05) is 6.08 Å². The van der Waals surface area contributed by atoms with Gasteiger partial charge in [0, 0.05) is 0 Å². The van der Waals surface area contributed by atoms with E-state index in [2.05, 4.69) is 41.3 Å². The summed E-state index contributed by atoms with van der Waals surface area (Å²) in [5.74, 6) is 0.210. The Morgan fingerprint density at radius 3 is 2.71 bits per heavy atom. The standard InChI is InChI=1S/C19H16F3N9/c20-19(21,22)17-10(7-23-27-17)15-9-4-2-1-3-8(9)13-11(24-15)5-6-12-14(13)16(26-25-12)18-28-30-31-29-18/h5-7,12,14,25H,1-4H2,(H,23,27)(H,28,29,30,31). The largest absolute Gasteiger partial charge is 0.433 e. The van der Waals surface area contributed by atoms with Crippen molar-refractivity contribution in [3.05, 3.63) is 46.2 Å². The summed E-state index contributed by atoms with van der Waals surface area (Å²) in [6.07, 6.45) is 3.74. The molecule has 2 atom stereocenters. The predicted molar refractivity (Wildman–Crippen MR) is 103 cm³/mol. The van der Waals surface area contributed by atoms with Gasteiger partial charge in [-0.15, -0.1) is 10.2 Å². The molecule has 3 aromatic heterocycles. The van der Waals surface area contributed by atoms with Crippen molar-refractivity contribution >= 4 is 11.8 Å². The lowest BCUT2D eigenvalue weighted by atomic mass is 9.75. The molecule has 0 saturated carbocycles. The molecule has 4 heterocycles. The summed E-state index contributed by atoms with van der Waals surface area (Å²) in [5, 5.41) is 24.4. The fraction of sp³-hybridized carbons (Fsp3) is 0.368. The first-order chi connectivity index (χ1) is 15.0. The summed E-state index contributed by atoms with van der Waals surface area (Å²) in [4.78, 5) is 4.73. The Hall–Kier alpha value is -3.57. The van der Waals surface area contributed by atoms with Crippen molar-refractivity contribution in [2.75, 3.05) is 0 Å². The molecule has 9 nitrogen and oxygen atoms in total. The topological polar surface area (TPSA) is 120 Å². The number of hydrogen-bond donors (Lipinski definition) is 3. The molecule has 3 N–H and O–H groups in total. The van der Waals surface area contributed by atoms with Crippen LogP contribution in [0.25, 0.3) is 17.3 Å². The molecule has 3 aromatic rings. The van der Waals surface area contributed by atoms with Crippen LogP contribution in [0.4, 0.5) is 13.2 Å². The highest BCUT2D eigenvalue weighted by Crippen LogP contribution is 2.44. The highest BCUT2D eigenvalue weighted by molar-refractivity contribution is 6.05. The molecular formula is C19H16F3N9. The number of nitrogens with one attached hydrogen (secondary N) is 3. The maximum atomic E-state index is 13.6. The Kier molecular flexibility index (Phi) is 3.80. The molecule has 158 valence electrons. The molecule has 0 radical (unpaired) electrons. The van der Waals surface area contributed by atoms with E-state index in [0.29, 0.717) is 29.3 Å². The Bertz CT molecular complexity index is 1220. The molecule has 0 amide bonds. The summed E-state index contributed by atoms with van der Waals surface area (Å²) >= 11 is 0. The van der Waals surface area contributed by atoms with Crippen LogP contribution < -0.4 is 5.43 Å². The third-order valence-corrected chi connectivity index (χ3v) is 6.10. The average Bonchev–Trinajstić information content (AvgIpc) is 3.52. The van der Waals surface area contributed by atoms with E-state index in [1.165, 1.54) is 6.20 Å². The van der Waals surface area contributed by atoms with Crippen LogP contribution in [0.2, 0.25) is 0 Å². The van der Waals surface area contributed by atoms with Gasteiger partial charge in [-0.25, -0.2) is 4.98 Å². The molecule has 0 aromatic carbocycles. The first-order valence-corrected chi connectivity index (χ1v) is 9.94. The van der Waals surface area contributed by atoms with Crippen LogP contribution in [0.1, 0.15) is 52.7 Å². The van der Waals surface area contributed by atoms with Gasteiger partial charge in [0.25, 0.3) is 0 Å². The minimum absolute atomic E-state index is 0.0134. The molecule has 0 saturated heterocycles. The van der Waals surface area contributed by atoms with E-state index >= 15 is 0 Å². The van der Waals surface area contributed by atoms with Crippen LogP contribution >= 0.6 is 0 Å². The van der Waals surface area contributed by atoms with Crippen LogP contribution in [-0.4, -0.2) is 47.6 Å². The van der Waals surface area contributed by atoms with Crippen molar-refractivity contribution in [2.24, 2.45) is 5.10 Å². The van der Waals surface area contributed by atoms with Crippen molar-refractivity contribution < 1.29 is 13.2 Å². The number of pyridine rings is 1. The summed E-state index contributed by atoms with van der Waals surface area (Å²) in [5.41, 5.74) is 6.73. The van der Waals surface area contributed by atoms with Gasteiger partial charge in [-0.05, 0) is 53.7 Å². The number of fused-ring (bicyclic) bond motifs is 5. The third kappa shape index (κ3) is 2.70. The molecule has 2 unspecified atom stereocenters. The van der Waals surface area contributed by atoms with Crippen molar-refractivity contribution in [1.29, 1.82) is 0 Å². The predicted octanol–water partition coefficient (Wildman–Crippen LogP) is 2.37. The molecule has 3 aliphatic rings. The highest BCUT2D eigenvalue weighted by Gasteiger charge is 2.42. The van der Waals surface area contributed by atoms with Gasteiger partial charge in [0.15, 0.2) is 0 Å². The minimum atomic E-state index is -4.54. The Balaban J connectivity index is 1.57. The van der Waals surface area contributed by atoms with E-state index in [0.717, 1.165) is 36.0 Å². The van der Waals surface area contributed by atoms with Crippen molar-refractivity contribution in [2.45, 2.75) is 43.8 Å². The zero-order valence-electron chi connectivity index (χ0n) is 16.0. The Labute approximate surface area is 173 Å². The second-order valence-electron chi connectivity index (χ2n) is 7.80. The number of aromatic nitrogens is 7. The smallest absolute Gasteiger partial charge is 0.302 e. The molecule has 6 rings (SSSR count). The van der Waals surface area contributed by atoms with Crippen molar-refractivity contribution in [3.8, 4) is 11.3 Å². The van der Waals surface area contributed by atoms with E-state index in [1.54, 1.807) is 0 Å².